The summed E-state index contributed by atoms with van der Waals surface area (Å²) in [6.45, 7) is 3.34. The summed E-state index contributed by atoms with van der Waals surface area (Å²) in [7, 11) is 4.37. The molecule has 3 heteroatoms. The molecule has 1 N–H and O–H groups in total. The molecule has 1 saturated heterocycles. The first kappa shape index (κ1) is 11.8. The van der Waals surface area contributed by atoms with E-state index in [1.807, 2.05) is 0 Å². The molecular weight excluding hydrogens is 222 g/mol. The fourth-order valence-electron chi connectivity index (χ4n) is 2.99. The van der Waals surface area contributed by atoms with Gasteiger partial charge in [-0.25, -0.2) is 0 Å². The molecule has 3 nitrogen and oxygen atoms in total. The van der Waals surface area contributed by atoms with Crippen LogP contribution in [0.3, 0.4) is 0 Å². The fourth-order valence-corrected chi connectivity index (χ4v) is 2.99. The van der Waals surface area contributed by atoms with Crippen LogP contribution in [0.1, 0.15) is 18.0 Å². The van der Waals surface area contributed by atoms with Crippen LogP contribution in [0.5, 0.6) is 0 Å². The van der Waals surface area contributed by atoms with Gasteiger partial charge in [0.1, 0.15) is 0 Å². The molecule has 1 aromatic heterocycles. The van der Waals surface area contributed by atoms with E-state index in [1.54, 1.807) is 0 Å². The minimum absolute atomic E-state index is 0.485. The minimum atomic E-state index is 0.485. The number of hydrogen-bond acceptors (Lipinski definition) is 2. The Balaban J connectivity index is 2.07. The van der Waals surface area contributed by atoms with Crippen molar-refractivity contribution in [3.05, 3.63) is 36.0 Å². The van der Waals surface area contributed by atoms with E-state index in [1.165, 1.54) is 29.4 Å². The Bertz CT molecular complexity index is 544. The van der Waals surface area contributed by atoms with Crippen molar-refractivity contribution < 1.29 is 0 Å². The van der Waals surface area contributed by atoms with E-state index in [0.717, 1.165) is 13.1 Å². The molecule has 0 saturated carbocycles. The zero-order valence-corrected chi connectivity index (χ0v) is 11.2. The van der Waals surface area contributed by atoms with E-state index < -0.39 is 0 Å². The van der Waals surface area contributed by atoms with Crippen molar-refractivity contribution >= 4 is 10.9 Å². The molecule has 2 heterocycles. The molecule has 1 aromatic carbocycles. The lowest BCUT2D eigenvalue weighted by Crippen LogP contribution is -2.29. The van der Waals surface area contributed by atoms with Gasteiger partial charge in [0.25, 0.3) is 0 Å². The Labute approximate surface area is 108 Å². The fraction of sp³-hybridized carbons (Fsp3) is 0.467. The highest BCUT2D eigenvalue weighted by molar-refractivity contribution is 5.84. The maximum Gasteiger partial charge on any atom is 0.0490 e. The molecule has 0 aliphatic carbocycles. The number of fused-ring (bicyclic) bond motifs is 1. The average Bonchev–Trinajstić information content (AvgIpc) is 2.57. The number of para-hydroxylation sites is 1. The third kappa shape index (κ3) is 1.93. The monoisotopic (exact) mass is 243 g/mol. The van der Waals surface area contributed by atoms with Crippen LogP contribution in [-0.4, -0.2) is 36.1 Å². The van der Waals surface area contributed by atoms with Gasteiger partial charge in [0, 0.05) is 36.7 Å². The zero-order chi connectivity index (χ0) is 12.5. The quantitative estimate of drug-likeness (QED) is 0.828. The van der Waals surface area contributed by atoms with Crippen molar-refractivity contribution in [1.29, 1.82) is 0 Å². The first-order chi connectivity index (χ1) is 8.77. The Morgan fingerprint density at radius 2 is 2.06 bits per heavy atom. The van der Waals surface area contributed by atoms with Gasteiger partial charge in [0.15, 0.2) is 0 Å². The summed E-state index contributed by atoms with van der Waals surface area (Å²) >= 11 is 0. The Kier molecular flexibility index (Phi) is 3.10. The summed E-state index contributed by atoms with van der Waals surface area (Å²) < 4.78 is 2.24. The van der Waals surface area contributed by atoms with Gasteiger partial charge in [-0.1, -0.05) is 18.2 Å². The highest BCUT2D eigenvalue weighted by Gasteiger charge is 2.22. The lowest BCUT2D eigenvalue weighted by Gasteiger charge is -2.25. The maximum absolute atomic E-state index is 3.55. The molecular formula is C15H21N3. The smallest absolute Gasteiger partial charge is 0.0490 e. The number of likely N-dealkylation sites (N-methyl/N-ethyl adjacent to an activating group) is 1. The van der Waals surface area contributed by atoms with Gasteiger partial charge in [-0.3, -0.25) is 4.90 Å². The molecule has 1 aliphatic heterocycles. The summed E-state index contributed by atoms with van der Waals surface area (Å²) in [6, 6.07) is 9.17. The minimum Gasteiger partial charge on any atom is -0.350 e. The Morgan fingerprint density at radius 3 is 2.94 bits per heavy atom. The molecule has 0 amide bonds. The van der Waals surface area contributed by atoms with Gasteiger partial charge in [0.2, 0.25) is 0 Å². The average molecular weight is 243 g/mol. The first-order valence-electron chi connectivity index (χ1n) is 6.72. The molecule has 0 radical (unpaired) electrons. The predicted octanol–water partition coefficient (Wildman–Crippen LogP) is 2.14. The van der Waals surface area contributed by atoms with E-state index in [2.05, 4.69) is 59.3 Å². The Morgan fingerprint density at radius 1 is 1.22 bits per heavy atom. The highest BCUT2D eigenvalue weighted by Crippen LogP contribution is 2.29. The van der Waals surface area contributed by atoms with Crippen molar-refractivity contribution in [2.75, 3.05) is 26.7 Å². The van der Waals surface area contributed by atoms with Crippen molar-refractivity contribution in [1.82, 2.24) is 14.8 Å². The molecule has 3 rings (SSSR count). The van der Waals surface area contributed by atoms with Crippen LogP contribution in [-0.2, 0) is 7.05 Å². The molecule has 1 unspecified atom stereocenters. The number of rotatable bonds is 1. The van der Waals surface area contributed by atoms with E-state index in [-0.39, 0.29) is 0 Å². The van der Waals surface area contributed by atoms with Crippen LogP contribution < -0.4 is 5.32 Å². The molecule has 0 bridgehead atoms. The van der Waals surface area contributed by atoms with Gasteiger partial charge in [-0.2, -0.15) is 0 Å². The largest absolute Gasteiger partial charge is 0.350 e. The third-order valence-electron chi connectivity index (χ3n) is 4.02. The number of benzene rings is 1. The van der Waals surface area contributed by atoms with Gasteiger partial charge < -0.3 is 9.88 Å². The van der Waals surface area contributed by atoms with Gasteiger partial charge in [0.05, 0.1) is 0 Å². The number of hydrogen-bond donors (Lipinski definition) is 1. The van der Waals surface area contributed by atoms with Crippen molar-refractivity contribution in [2.24, 2.45) is 7.05 Å². The summed E-state index contributed by atoms with van der Waals surface area (Å²) in [5.41, 5.74) is 2.77. The van der Waals surface area contributed by atoms with Gasteiger partial charge in [-0.05, 0) is 38.2 Å². The standard InChI is InChI=1S/C15H21N3/c1-17-9-5-8-16-10-15(17)13-11-18(2)14-7-4-3-6-12(13)14/h3-4,6-7,11,15-16H,5,8-10H2,1-2H3. The Hall–Kier alpha value is -1.32. The summed E-state index contributed by atoms with van der Waals surface area (Å²) in [6.07, 6.45) is 3.52. The number of nitrogens with zero attached hydrogens (tertiary/aromatic N) is 2. The van der Waals surface area contributed by atoms with E-state index in [0.29, 0.717) is 6.04 Å². The predicted molar refractivity (Wildman–Crippen MR) is 75.8 cm³/mol. The second-order valence-corrected chi connectivity index (χ2v) is 5.27. The highest BCUT2D eigenvalue weighted by atomic mass is 15.2. The van der Waals surface area contributed by atoms with Crippen molar-refractivity contribution in [3.8, 4) is 0 Å². The van der Waals surface area contributed by atoms with E-state index >= 15 is 0 Å². The number of aryl methyl sites for hydroxylation is 1. The molecule has 0 spiro atoms. The SMILES string of the molecule is CN1CCCNCC1c1cn(C)c2ccccc12. The molecule has 18 heavy (non-hydrogen) atoms. The van der Waals surface area contributed by atoms with Crippen LogP contribution in [0.4, 0.5) is 0 Å². The van der Waals surface area contributed by atoms with Crippen molar-refractivity contribution in [3.63, 3.8) is 0 Å². The van der Waals surface area contributed by atoms with Crippen LogP contribution in [0.25, 0.3) is 10.9 Å². The second kappa shape index (κ2) is 4.75. The maximum atomic E-state index is 3.55. The lowest BCUT2D eigenvalue weighted by atomic mass is 10.0. The van der Waals surface area contributed by atoms with Crippen LogP contribution in [0.2, 0.25) is 0 Å². The summed E-state index contributed by atoms with van der Waals surface area (Å²) in [5.74, 6) is 0. The van der Waals surface area contributed by atoms with Crippen molar-refractivity contribution in [2.45, 2.75) is 12.5 Å². The van der Waals surface area contributed by atoms with E-state index in [4.69, 9.17) is 0 Å². The van der Waals surface area contributed by atoms with E-state index in [9.17, 15) is 0 Å². The molecule has 2 aromatic rings. The topological polar surface area (TPSA) is 20.2 Å². The first-order valence-corrected chi connectivity index (χ1v) is 6.72. The number of aromatic nitrogens is 1. The second-order valence-electron chi connectivity index (χ2n) is 5.27. The number of nitrogens with one attached hydrogen (secondary N) is 1. The zero-order valence-electron chi connectivity index (χ0n) is 11.2. The summed E-state index contributed by atoms with van der Waals surface area (Å²) in [5, 5.41) is 4.94. The van der Waals surface area contributed by atoms with Gasteiger partial charge >= 0.3 is 0 Å². The van der Waals surface area contributed by atoms with Crippen LogP contribution in [0.15, 0.2) is 30.5 Å². The third-order valence-corrected chi connectivity index (χ3v) is 4.02. The van der Waals surface area contributed by atoms with Crippen LogP contribution in [0, 0.1) is 0 Å². The molecule has 1 aliphatic rings. The molecule has 96 valence electrons. The normalized spacial score (nSPS) is 22.2. The molecule has 1 fully saturated rings. The van der Waals surface area contributed by atoms with Gasteiger partial charge in [-0.15, -0.1) is 0 Å². The molecule has 1 atom stereocenters. The summed E-state index contributed by atoms with van der Waals surface area (Å²) in [4.78, 5) is 2.47. The lowest BCUT2D eigenvalue weighted by molar-refractivity contribution is 0.263. The van der Waals surface area contributed by atoms with Crippen LogP contribution >= 0.6 is 0 Å².